The molecule has 0 aliphatic carbocycles. The minimum atomic E-state index is -0.896. The van der Waals surface area contributed by atoms with Crippen LogP contribution in [-0.2, 0) is 4.79 Å². The number of halogens is 1. The fraction of sp³-hybridized carbons (Fsp3) is 0.200. The van der Waals surface area contributed by atoms with E-state index in [0.29, 0.717) is 5.75 Å². The Kier molecular flexibility index (Phi) is 4.30. The molecule has 0 saturated carbocycles. The number of rotatable bonds is 3. The molecule has 0 fully saturated rings. The van der Waals surface area contributed by atoms with Crippen LogP contribution in [0.4, 0.5) is 4.79 Å². The van der Waals surface area contributed by atoms with Crippen molar-refractivity contribution in [2.24, 2.45) is 5.73 Å². The second-order valence-electron chi connectivity index (χ2n) is 3.04. The summed E-state index contributed by atoms with van der Waals surface area (Å²) in [5, 5.41) is 1.94. The number of nitrogens with one attached hydrogen (secondary N) is 1. The topological polar surface area (TPSA) is 81.4 Å². The summed E-state index contributed by atoms with van der Waals surface area (Å²) >= 11 is 3.28. The second kappa shape index (κ2) is 5.50. The van der Waals surface area contributed by atoms with Gasteiger partial charge in [0.15, 0.2) is 6.10 Å². The first-order valence-electron chi connectivity index (χ1n) is 4.52. The molecule has 5 nitrogen and oxygen atoms in total. The van der Waals surface area contributed by atoms with Crippen LogP contribution in [0.25, 0.3) is 0 Å². The van der Waals surface area contributed by atoms with Crippen molar-refractivity contribution in [1.82, 2.24) is 5.32 Å². The molecule has 86 valence electrons. The molecule has 0 unspecified atom stereocenters. The molecule has 1 rings (SSSR count). The van der Waals surface area contributed by atoms with Crippen molar-refractivity contribution in [3.8, 4) is 5.75 Å². The number of imide groups is 1. The number of carbonyl (C=O) groups is 2. The first-order chi connectivity index (χ1) is 7.50. The number of carbonyl (C=O) groups excluding carboxylic acids is 2. The monoisotopic (exact) mass is 286 g/mol. The molecule has 0 aliphatic rings. The van der Waals surface area contributed by atoms with Gasteiger partial charge in [-0.3, -0.25) is 10.1 Å². The van der Waals surface area contributed by atoms with Crippen LogP contribution in [0.3, 0.4) is 0 Å². The minimum absolute atomic E-state index is 0.523. The smallest absolute Gasteiger partial charge is 0.318 e. The molecule has 0 bridgehead atoms. The van der Waals surface area contributed by atoms with E-state index in [1.165, 1.54) is 6.92 Å². The van der Waals surface area contributed by atoms with E-state index in [1.54, 1.807) is 18.2 Å². The maximum Gasteiger partial charge on any atom is 0.318 e. The van der Waals surface area contributed by atoms with E-state index in [-0.39, 0.29) is 0 Å². The van der Waals surface area contributed by atoms with E-state index in [4.69, 9.17) is 10.5 Å². The van der Waals surface area contributed by atoms with Crippen molar-refractivity contribution in [2.75, 3.05) is 0 Å². The lowest BCUT2D eigenvalue weighted by Gasteiger charge is -2.14. The van der Waals surface area contributed by atoms with Crippen molar-refractivity contribution < 1.29 is 14.3 Å². The van der Waals surface area contributed by atoms with Gasteiger partial charge >= 0.3 is 6.03 Å². The zero-order chi connectivity index (χ0) is 12.1. The summed E-state index contributed by atoms with van der Waals surface area (Å²) in [6.07, 6.45) is -0.800. The lowest BCUT2D eigenvalue weighted by atomic mass is 10.3. The fourth-order valence-electron chi connectivity index (χ4n) is 1.01. The third-order valence-corrected chi connectivity index (χ3v) is 2.41. The average molecular weight is 287 g/mol. The van der Waals surface area contributed by atoms with Gasteiger partial charge in [0.05, 0.1) is 4.47 Å². The third-order valence-electron chi connectivity index (χ3n) is 1.76. The van der Waals surface area contributed by atoms with Crippen molar-refractivity contribution >= 4 is 27.9 Å². The molecule has 16 heavy (non-hydrogen) atoms. The molecule has 0 aromatic heterocycles. The van der Waals surface area contributed by atoms with Gasteiger partial charge in [0.25, 0.3) is 5.91 Å². The van der Waals surface area contributed by atoms with E-state index in [0.717, 1.165) is 4.47 Å². The molecule has 6 heteroatoms. The summed E-state index contributed by atoms with van der Waals surface area (Å²) in [4.78, 5) is 21.8. The Morgan fingerprint density at radius 3 is 2.62 bits per heavy atom. The van der Waals surface area contributed by atoms with Gasteiger partial charge in [0, 0.05) is 0 Å². The van der Waals surface area contributed by atoms with Gasteiger partial charge in [-0.25, -0.2) is 4.79 Å². The third kappa shape index (κ3) is 3.54. The highest BCUT2D eigenvalue weighted by atomic mass is 79.9. The fourth-order valence-corrected chi connectivity index (χ4v) is 1.39. The van der Waals surface area contributed by atoms with Crippen LogP contribution in [0.2, 0.25) is 0 Å². The number of nitrogens with two attached hydrogens (primary N) is 1. The van der Waals surface area contributed by atoms with Gasteiger partial charge in [0.1, 0.15) is 5.75 Å². The van der Waals surface area contributed by atoms with E-state index < -0.39 is 18.0 Å². The van der Waals surface area contributed by atoms with Crippen LogP contribution in [-0.4, -0.2) is 18.0 Å². The number of primary amides is 1. The van der Waals surface area contributed by atoms with Crippen LogP contribution >= 0.6 is 15.9 Å². The molecule has 0 aliphatic heterocycles. The highest BCUT2D eigenvalue weighted by Gasteiger charge is 2.16. The normalized spacial score (nSPS) is 11.6. The summed E-state index contributed by atoms with van der Waals surface area (Å²) in [5.41, 5.74) is 4.82. The predicted octanol–water partition coefficient (Wildman–Crippen LogP) is 1.41. The molecule has 0 heterocycles. The van der Waals surface area contributed by atoms with Gasteiger partial charge in [-0.2, -0.15) is 0 Å². The number of urea groups is 1. The summed E-state index contributed by atoms with van der Waals surface area (Å²) in [6.45, 7) is 1.53. The highest BCUT2D eigenvalue weighted by molar-refractivity contribution is 9.10. The number of hydrogen-bond donors (Lipinski definition) is 2. The van der Waals surface area contributed by atoms with Crippen LogP contribution in [0.15, 0.2) is 28.7 Å². The van der Waals surface area contributed by atoms with E-state index in [1.807, 2.05) is 11.4 Å². The molecule has 0 saturated heterocycles. The van der Waals surface area contributed by atoms with E-state index >= 15 is 0 Å². The maximum atomic E-state index is 11.3. The van der Waals surface area contributed by atoms with Crippen LogP contribution < -0.4 is 15.8 Å². The molecule has 0 spiro atoms. The van der Waals surface area contributed by atoms with Crippen molar-refractivity contribution in [3.05, 3.63) is 28.7 Å². The molecule has 1 aromatic carbocycles. The lowest BCUT2D eigenvalue weighted by Crippen LogP contribution is -2.42. The Labute approximate surface area is 101 Å². The molecule has 1 aromatic rings. The summed E-state index contributed by atoms with van der Waals surface area (Å²) < 4.78 is 6.07. The van der Waals surface area contributed by atoms with Gasteiger partial charge in [-0.15, -0.1) is 0 Å². The van der Waals surface area contributed by atoms with Crippen molar-refractivity contribution in [1.29, 1.82) is 0 Å². The Morgan fingerprint density at radius 1 is 1.44 bits per heavy atom. The molecular formula is C10H11BrN2O3. The first-order valence-corrected chi connectivity index (χ1v) is 5.31. The largest absolute Gasteiger partial charge is 0.480 e. The molecule has 3 amide bonds. The van der Waals surface area contributed by atoms with Crippen molar-refractivity contribution in [3.63, 3.8) is 0 Å². The Hall–Kier alpha value is -1.56. The van der Waals surface area contributed by atoms with E-state index in [2.05, 4.69) is 15.9 Å². The second-order valence-corrected chi connectivity index (χ2v) is 3.90. The van der Waals surface area contributed by atoms with Gasteiger partial charge in [0.2, 0.25) is 0 Å². The highest BCUT2D eigenvalue weighted by Crippen LogP contribution is 2.24. The molecule has 3 N–H and O–H groups in total. The minimum Gasteiger partial charge on any atom is -0.480 e. The number of hydrogen-bond acceptors (Lipinski definition) is 3. The Balaban J connectivity index is 2.64. The zero-order valence-corrected chi connectivity index (χ0v) is 10.2. The zero-order valence-electron chi connectivity index (χ0n) is 8.57. The van der Waals surface area contributed by atoms with E-state index in [9.17, 15) is 9.59 Å². The SMILES string of the molecule is C[C@@H](Oc1ccccc1Br)C(=O)NC(N)=O. The quantitative estimate of drug-likeness (QED) is 0.882. The number of para-hydroxylation sites is 1. The van der Waals surface area contributed by atoms with Crippen LogP contribution in [0.1, 0.15) is 6.92 Å². The maximum absolute atomic E-state index is 11.3. The van der Waals surface area contributed by atoms with Gasteiger partial charge < -0.3 is 10.5 Å². The molecule has 1 atom stereocenters. The van der Waals surface area contributed by atoms with Crippen molar-refractivity contribution in [2.45, 2.75) is 13.0 Å². The Morgan fingerprint density at radius 2 is 2.06 bits per heavy atom. The standard InChI is InChI=1S/C10H11BrN2O3/c1-6(9(14)13-10(12)15)16-8-5-3-2-4-7(8)11/h2-6H,1H3,(H3,12,13,14,15)/t6-/m1/s1. The van der Waals surface area contributed by atoms with Gasteiger partial charge in [-0.05, 0) is 35.0 Å². The lowest BCUT2D eigenvalue weighted by molar-refractivity contribution is -0.126. The summed E-state index contributed by atoms with van der Waals surface area (Å²) in [5.74, 6) is -0.0575. The summed E-state index contributed by atoms with van der Waals surface area (Å²) in [6, 6.07) is 6.20. The average Bonchev–Trinajstić information content (AvgIpc) is 2.20. The summed E-state index contributed by atoms with van der Waals surface area (Å²) in [7, 11) is 0. The Bertz CT molecular complexity index is 409. The number of amides is 3. The molecular weight excluding hydrogens is 276 g/mol. The van der Waals surface area contributed by atoms with Gasteiger partial charge in [-0.1, -0.05) is 12.1 Å². The van der Waals surface area contributed by atoms with Crippen LogP contribution in [0.5, 0.6) is 5.75 Å². The number of benzene rings is 1. The first kappa shape index (κ1) is 12.5. The predicted molar refractivity (Wildman–Crippen MR) is 62.0 cm³/mol. The molecule has 0 radical (unpaired) electrons. The number of ether oxygens (including phenoxy) is 1. The van der Waals surface area contributed by atoms with Crippen LogP contribution in [0, 0.1) is 0 Å².